The lowest BCUT2D eigenvalue weighted by Gasteiger charge is -2.32. The van der Waals surface area contributed by atoms with Crippen molar-refractivity contribution >= 4 is 15.9 Å². The van der Waals surface area contributed by atoms with Crippen molar-refractivity contribution in [3.05, 3.63) is 29.3 Å². The first-order chi connectivity index (χ1) is 13.8. The maximum absolute atomic E-state index is 13.0. The average molecular weight is 418 g/mol. The molecule has 1 aliphatic heterocycles. The van der Waals surface area contributed by atoms with Crippen LogP contribution in [0.15, 0.2) is 23.1 Å². The summed E-state index contributed by atoms with van der Waals surface area (Å²) >= 11 is 0. The van der Waals surface area contributed by atoms with Gasteiger partial charge >= 0.3 is 0 Å². The highest BCUT2D eigenvalue weighted by molar-refractivity contribution is 7.89. The maximum atomic E-state index is 13.0. The molecule has 0 spiro atoms. The number of amides is 1. The molecular formula is C21H29N4O3S+. The largest absolute Gasteiger partial charge is 0.333 e. The van der Waals surface area contributed by atoms with Gasteiger partial charge < -0.3 is 10.2 Å². The van der Waals surface area contributed by atoms with Crippen LogP contribution in [0.2, 0.25) is 0 Å². The number of hydrogen-bond acceptors (Lipinski definition) is 4. The summed E-state index contributed by atoms with van der Waals surface area (Å²) in [7, 11) is -3.49. The molecule has 1 amide bonds. The Morgan fingerprint density at radius 3 is 2.62 bits per heavy atom. The van der Waals surface area contributed by atoms with E-state index in [0.717, 1.165) is 42.6 Å². The Labute approximate surface area is 172 Å². The molecule has 2 fully saturated rings. The number of benzene rings is 1. The molecule has 0 radical (unpaired) electrons. The van der Waals surface area contributed by atoms with Crippen LogP contribution in [0.5, 0.6) is 0 Å². The molecule has 3 aliphatic rings. The van der Waals surface area contributed by atoms with Gasteiger partial charge in [0.05, 0.1) is 37.1 Å². The van der Waals surface area contributed by atoms with Gasteiger partial charge in [0, 0.05) is 0 Å². The van der Waals surface area contributed by atoms with Crippen LogP contribution in [-0.2, 0) is 27.7 Å². The zero-order valence-electron chi connectivity index (χ0n) is 16.9. The van der Waals surface area contributed by atoms with Gasteiger partial charge in [-0.25, -0.2) is 8.42 Å². The molecule has 0 bridgehead atoms. The molecule has 1 saturated heterocycles. The molecule has 8 heteroatoms. The van der Waals surface area contributed by atoms with Crippen LogP contribution in [0.4, 0.5) is 0 Å². The molecule has 0 aromatic heterocycles. The second-order valence-corrected chi connectivity index (χ2v) is 10.7. The van der Waals surface area contributed by atoms with Gasteiger partial charge in [0.25, 0.3) is 5.91 Å². The predicted octanol–water partition coefficient (Wildman–Crippen LogP) is -0.127. The number of piperazine rings is 1. The molecule has 29 heavy (non-hydrogen) atoms. The van der Waals surface area contributed by atoms with Crippen molar-refractivity contribution in [2.75, 3.05) is 32.7 Å². The topological polar surface area (TPSA) is 94.7 Å². The van der Waals surface area contributed by atoms with E-state index in [4.69, 9.17) is 0 Å². The smallest absolute Gasteiger partial charge is 0.276 e. The molecular weight excluding hydrogens is 388 g/mol. The summed E-state index contributed by atoms with van der Waals surface area (Å²) in [6.45, 7) is 4.05. The standard InChI is InChI=1S/C21H28N4O3S/c1-21(15-22,18-6-7-18)23-20(26)14-24-9-11-25(12-10-24)29(27,28)19-8-5-16-3-2-4-17(16)13-19/h5,8,13,18H,2-4,6-7,9-12,14H2,1H3,(H,23,26)/p+1/t21-/m0/s1. The van der Waals surface area contributed by atoms with E-state index in [1.54, 1.807) is 13.0 Å². The van der Waals surface area contributed by atoms with Gasteiger partial charge in [-0.1, -0.05) is 6.07 Å². The minimum Gasteiger partial charge on any atom is -0.333 e. The summed E-state index contributed by atoms with van der Waals surface area (Å²) in [5, 5.41) is 12.3. The molecule has 2 aliphatic carbocycles. The molecule has 2 N–H and O–H groups in total. The first kappa shape index (κ1) is 20.3. The minimum absolute atomic E-state index is 0.133. The minimum atomic E-state index is -3.49. The van der Waals surface area contributed by atoms with Crippen LogP contribution in [-0.4, -0.2) is 56.9 Å². The zero-order chi connectivity index (χ0) is 20.6. The lowest BCUT2D eigenvalue weighted by molar-refractivity contribution is -0.895. The quantitative estimate of drug-likeness (QED) is 0.674. The number of nitriles is 1. The Bertz CT molecular complexity index is 943. The highest BCUT2D eigenvalue weighted by atomic mass is 32.2. The highest BCUT2D eigenvalue weighted by Gasteiger charge is 2.43. The molecule has 1 aromatic carbocycles. The monoisotopic (exact) mass is 417 g/mol. The molecule has 7 nitrogen and oxygen atoms in total. The summed E-state index contributed by atoms with van der Waals surface area (Å²) in [5.74, 6) is 0.117. The Hall–Kier alpha value is -1.95. The Kier molecular flexibility index (Phi) is 5.40. The SMILES string of the molecule is C[C@@](C#N)(NC(=O)C[NH+]1CCN(S(=O)(=O)c2ccc3c(c2)CCC3)CC1)C1CC1. The van der Waals surface area contributed by atoms with Crippen molar-refractivity contribution in [2.24, 2.45) is 5.92 Å². The second-order valence-electron chi connectivity index (χ2n) is 8.75. The highest BCUT2D eigenvalue weighted by Crippen LogP contribution is 2.39. The fourth-order valence-corrected chi connectivity index (χ4v) is 6.01. The van der Waals surface area contributed by atoms with E-state index >= 15 is 0 Å². The summed E-state index contributed by atoms with van der Waals surface area (Å²) in [6.07, 6.45) is 5.04. The van der Waals surface area contributed by atoms with Crippen molar-refractivity contribution in [3.8, 4) is 6.07 Å². The summed E-state index contributed by atoms with van der Waals surface area (Å²) in [6, 6.07) is 7.76. The van der Waals surface area contributed by atoms with E-state index in [0.29, 0.717) is 31.1 Å². The van der Waals surface area contributed by atoms with E-state index < -0.39 is 15.6 Å². The number of quaternary nitrogens is 1. The molecule has 1 heterocycles. The van der Waals surface area contributed by atoms with Crippen molar-refractivity contribution in [1.82, 2.24) is 9.62 Å². The van der Waals surface area contributed by atoms with Crippen LogP contribution < -0.4 is 10.2 Å². The van der Waals surface area contributed by atoms with Gasteiger partial charge in [0.2, 0.25) is 10.0 Å². The lowest BCUT2D eigenvalue weighted by atomic mass is 9.98. The summed E-state index contributed by atoms with van der Waals surface area (Å²) in [5.41, 5.74) is 1.64. The number of nitrogens with one attached hydrogen (secondary N) is 2. The van der Waals surface area contributed by atoms with Crippen molar-refractivity contribution in [2.45, 2.75) is 49.5 Å². The molecule has 1 aromatic rings. The number of carbonyl (C=O) groups is 1. The number of sulfonamides is 1. The average Bonchev–Trinajstić information content (AvgIpc) is 3.46. The third kappa shape index (κ3) is 4.18. The number of fused-ring (bicyclic) bond motifs is 1. The molecule has 0 unspecified atom stereocenters. The third-order valence-electron chi connectivity index (χ3n) is 6.57. The number of hydrogen-bond donors (Lipinski definition) is 2. The van der Waals surface area contributed by atoms with E-state index in [1.165, 1.54) is 9.87 Å². The summed E-state index contributed by atoms with van der Waals surface area (Å²) in [4.78, 5) is 13.8. The Balaban J connectivity index is 1.33. The van der Waals surface area contributed by atoms with Crippen LogP contribution in [0.3, 0.4) is 0 Å². The zero-order valence-corrected chi connectivity index (χ0v) is 17.7. The predicted molar refractivity (Wildman–Crippen MR) is 108 cm³/mol. The van der Waals surface area contributed by atoms with E-state index in [-0.39, 0.29) is 18.4 Å². The third-order valence-corrected chi connectivity index (χ3v) is 8.47. The van der Waals surface area contributed by atoms with E-state index in [1.807, 2.05) is 12.1 Å². The Morgan fingerprint density at radius 1 is 1.28 bits per heavy atom. The first-order valence-corrected chi connectivity index (χ1v) is 11.9. The molecule has 1 atom stereocenters. The summed E-state index contributed by atoms with van der Waals surface area (Å²) < 4.78 is 27.6. The van der Waals surface area contributed by atoms with E-state index in [9.17, 15) is 18.5 Å². The van der Waals surface area contributed by atoms with Gasteiger partial charge in [-0.15, -0.1) is 0 Å². The van der Waals surface area contributed by atoms with Crippen molar-refractivity contribution < 1.29 is 18.1 Å². The van der Waals surface area contributed by atoms with Crippen LogP contribution in [0.25, 0.3) is 0 Å². The van der Waals surface area contributed by atoms with E-state index in [2.05, 4.69) is 11.4 Å². The van der Waals surface area contributed by atoms with Crippen LogP contribution in [0, 0.1) is 17.2 Å². The first-order valence-electron chi connectivity index (χ1n) is 10.5. The molecule has 1 saturated carbocycles. The van der Waals surface area contributed by atoms with Gasteiger partial charge in [0.1, 0.15) is 5.54 Å². The molecule has 4 rings (SSSR count). The van der Waals surface area contributed by atoms with Gasteiger partial charge in [-0.05, 0) is 68.2 Å². The normalized spacial score (nSPS) is 22.5. The van der Waals surface area contributed by atoms with Gasteiger partial charge in [-0.3, -0.25) is 4.79 Å². The van der Waals surface area contributed by atoms with Crippen LogP contribution >= 0.6 is 0 Å². The number of rotatable bonds is 6. The van der Waals surface area contributed by atoms with Gasteiger partial charge in [0.15, 0.2) is 6.54 Å². The fraction of sp³-hybridized carbons (Fsp3) is 0.619. The number of nitrogens with zero attached hydrogens (tertiary/aromatic N) is 2. The Morgan fingerprint density at radius 2 is 1.97 bits per heavy atom. The fourth-order valence-electron chi connectivity index (χ4n) is 4.52. The van der Waals surface area contributed by atoms with Crippen molar-refractivity contribution in [3.63, 3.8) is 0 Å². The maximum Gasteiger partial charge on any atom is 0.276 e. The second kappa shape index (κ2) is 7.71. The number of aryl methyl sites for hydroxylation is 2. The number of carbonyl (C=O) groups excluding carboxylic acids is 1. The van der Waals surface area contributed by atoms with Crippen LogP contribution in [0.1, 0.15) is 37.3 Å². The van der Waals surface area contributed by atoms with Gasteiger partial charge in [-0.2, -0.15) is 9.57 Å². The lowest BCUT2D eigenvalue weighted by Crippen LogP contribution is -3.16. The van der Waals surface area contributed by atoms with Crippen molar-refractivity contribution in [1.29, 1.82) is 5.26 Å². The molecule has 156 valence electrons.